The van der Waals surface area contributed by atoms with Crippen molar-refractivity contribution in [3.05, 3.63) is 91.4 Å². The molecule has 0 aliphatic carbocycles. The van der Waals surface area contributed by atoms with Crippen molar-refractivity contribution < 1.29 is 9.59 Å². The van der Waals surface area contributed by atoms with Gasteiger partial charge in [0.15, 0.2) is 0 Å². The van der Waals surface area contributed by atoms with E-state index in [-0.39, 0.29) is 18.2 Å². The summed E-state index contributed by atoms with van der Waals surface area (Å²) in [5.41, 5.74) is 4.02. The zero-order valence-electron chi connectivity index (χ0n) is 22.4. The molecule has 3 heterocycles. The highest BCUT2D eigenvalue weighted by molar-refractivity contribution is 9.10. The van der Waals surface area contributed by atoms with E-state index in [2.05, 4.69) is 43.8 Å². The van der Waals surface area contributed by atoms with Crippen LogP contribution in [0, 0.1) is 6.92 Å². The molecule has 2 amide bonds. The second-order valence-electron chi connectivity index (χ2n) is 11.2. The third-order valence-electron chi connectivity index (χ3n) is 8.77. The molecule has 208 valence electrons. The van der Waals surface area contributed by atoms with Crippen molar-refractivity contribution in [2.75, 3.05) is 30.8 Å². The van der Waals surface area contributed by atoms with Crippen molar-refractivity contribution in [2.45, 2.75) is 49.6 Å². The number of fused-ring (bicyclic) bond motifs is 2. The molecular weight excluding hydrogens is 611 g/mol. The van der Waals surface area contributed by atoms with Crippen LogP contribution in [0.3, 0.4) is 0 Å². The number of carbonyl (C=O) groups is 2. The number of halogens is 3. The molecule has 3 aromatic carbocycles. The number of nitrogens with one attached hydrogen (secondary N) is 3. The average Bonchev–Trinajstić information content (AvgIpc) is 3.20. The summed E-state index contributed by atoms with van der Waals surface area (Å²) in [6.45, 7) is 4.03. The van der Waals surface area contributed by atoms with Gasteiger partial charge in [-0.2, -0.15) is 0 Å². The number of rotatable bonds is 4. The molecule has 6 nitrogen and oxygen atoms in total. The van der Waals surface area contributed by atoms with E-state index < -0.39 is 17.4 Å². The van der Waals surface area contributed by atoms with Gasteiger partial charge in [0.05, 0.1) is 6.04 Å². The van der Waals surface area contributed by atoms with Gasteiger partial charge >= 0.3 is 0 Å². The number of likely N-dealkylation sites (tertiary alicyclic amines) is 1. The molecule has 0 bridgehead atoms. The lowest BCUT2D eigenvalue weighted by Crippen LogP contribution is -2.57. The Labute approximate surface area is 252 Å². The van der Waals surface area contributed by atoms with Gasteiger partial charge in [-0.25, -0.2) is 0 Å². The van der Waals surface area contributed by atoms with Crippen LogP contribution in [-0.4, -0.2) is 42.9 Å². The van der Waals surface area contributed by atoms with Crippen molar-refractivity contribution >= 4 is 62.3 Å². The fraction of sp³-hybridized carbons (Fsp3) is 0.355. The SMILES string of the molecule is Cc1ccc(Cl)cc1[C@@H]1CC(=O)N[C@H](c2cc(Br)ccc2NC2CCN(C)CC2)[C@@]12C(=O)Nc1cc(Cl)ccc12. The molecule has 0 aromatic heterocycles. The Morgan fingerprint density at radius 2 is 1.70 bits per heavy atom. The molecule has 0 radical (unpaired) electrons. The first-order valence-electron chi connectivity index (χ1n) is 13.6. The number of piperidine rings is 2. The molecular formula is C31H31BrCl2N4O2. The van der Waals surface area contributed by atoms with E-state index >= 15 is 0 Å². The Morgan fingerprint density at radius 3 is 2.48 bits per heavy atom. The van der Waals surface area contributed by atoms with Crippen LogP contribution in [0.25, 0.3) is 0 Å². The summed E-state index contributed by atoms with van der Waals surface area (Å²) >= 11 is 16.5. The van der Waals surface area contributed by atoms with Gasteiger partial charge in [0.1, 0.15) is 5.41 Å². The van der Waals surface area contributed by atoms with E-state index in [9.17, 15) is 9.59 Å². The van der Waals surface area contributed by atoms with E-state index in [1.165, 1.54) is 0 Å². The molecule has 2 saturated heterocycles. The number of amides is 2. The lowest BCUT2D eigenvalue weighted by atomic mass is 9.58. The molecule has 9 heteroatoms. The predicted octanol–water partition coefficient (Wildman–Crippen LogP) is 6.81. The van der Waals surface area contributed by atoms with Gasteiger partial charge in [-0.05, 0) is 99.1 Å². The highest BCUT2D eigenvalue weighted by Gasteiger charge is 2.61. The number of aryl methyl sites for hydroxylation is 1. The van der Waals surface area contributed by atoms with Crippen LogP contribution in [-0.2, 0) is 15.0 Å². The molecule has 6 rings (SSSR count). The number of benzene rings is 3. The first-order chi connectivity index (χ1) is 19.2. The standard InChI is InChI=1S/C31H31BrCl2N4O2/c1-17-3-5-19(33)14-22(17)25-16-28(39)37-29(31(25)24-7-6-20(34)15-27(24)36-30(31)40)23-13-18(32)4-8-26(23)35-21-9-11-38(2)12-10-21/h3-8,13-15,21,25,29,35H,9-12,16H2,1-2H3,(H,36,40)(H,37,39)/t25-,29+,31-/m0/s1. The Bertz CT molecular complexity index is 1510. The second kappa shape index (κ2) is 10.7. The van der Waals surface area contributed by atoms with Gasteiger partial charge in [-0.3, -0.25) is 9.59 Å². The quantitative estimate of drug-likeness (QED) is 0.293. The molecule has 3 aliphatic rings. The minimum Gasteiger partial charge on any atom is -0.382 e. The molecule has 3 N–H and O–H groups in total. The van der Waals surface area contributed by atoms with Crippen molar-refractivity contribution in [1.29, 1.82) is 0 Å². The Morgan fingerprint density at radius 1 is 0.975 bits per heavy atom. The summed E-state index contributed by atoms with van der Waals surface area (Å²) < 4.78 is 0.872. The van der Waals surface area contributed by atoms with Crippen LogP contribution in [0.1, 0.15) is 53.5 Å². The lowest BCUT2D eigenvalue weighted by molar-refractivity contribution is -0.131. The molecule has 0 saturated carbocycles. The third-order valence-corrected chi connectivity index (χ3v) is 9.73. The molecule has 3 aliphatic heterocycles. The largest absolute Gasteiger partial charge is 0.382 e. The maximum atomic E-state index is 14.4. The Hall–Kier alpha value is -2.58. The summed E-state index contributed by atoms with van der Waals surface area (Å²) in [4.78, 5) is 30.3. The number of nitrogens with zero attached hydrogens (tertiary/aromatic N) is 1. The summed E-state index contributed by atoms with van der Waals surface area (Å²) in [7, 11) is 2.14. The predicted molar refractivity (Wildman–Crippen MR) is 164 cm³/mol. The van der Waals surface area contributed by atoms with Gasteiger partial charge in [-0.15, -0.1) is 0 Å². The van der Waals surface area contributed by atoms with Crippen LogP contribution < -0.4 is 16.0 Å². The minimum atomic E-state index is -1.13. The molecule has 40 heavy (non-hydrogen) atoms. The zero-order chi connectivity index (χ0) is 28.2. The highest BCUT2D eigenvalue weighted by atomic mass is 79.9. The van der Waals surface area contributed by atoms with Gasteiger partial charge in [0, 0.05) is 49.8 Å². The van der Waals surface area contributed by atoms with Crippen LogP contribution in [0.4, 0.5) is 11.4 Å². The van der Waals surface area contributed by atoms with E-state index in [4.69, 9.17) is 23.2 Å². The second-order valence-corrected chi connectivity index (χ2v) is 13.0. The van der Waals surface area contributed by atoms with Gasteiger partial charge in [-0.1, -0.05) is 51.3 Å². The molecule has 1 spiro atoms. The van der Waals surface area contributed by atoms with E-state index in [0.717, 1.165) is 58.3 Å². The average molecular weight is 642 g/mol. The fourth-order valence-electron chi connectivity index (χ4n) is 6.78. The smallest absolute Gasteiger partial charge is 0.238 e. The maximum absolute atomic E-state index is 14.4. The van der Waals surface area contributed by atoms with Gasteiger partial charge in [0.2, 0.25) is 11.8 Å². The summed E-state index contributed by atoms with van der Waals surface area (Å²) in [6.07, 6.45) is 2.18. The minimum absolute atomic E-state index is 0.111. The van der Waals surface area contributed by atoms with E-state index in [0.29, 0.717) is 21.8 Å². The maximum Gasteiger partial charge on any atom is 0.238 e. The summed E-state index contributed by atoms with van der Waals surface area (Å²) in [6, 6.07) is 16.9. The fourth-order valence-corrected chi connectivity index (χ4v) is 7.52. The Balaban J connectivity index is 1.57. The van der Waals surface area contributed by atoms with E-state index in [1.54, 1.807) is 6.07 Å². The highest BCUT2D eigenvalue weighted by Crippen LogP contribution is 2.59. The van der Waals surface area contributed by atoms with Crippen LogP contribution >= 0.6 is 39.1 Å². The Kier molecular flexibility index (Phi) is 7.36. The van der Waals surface area contributed by atoms with Crippen LogP contribution in [0.2, 0.25) is 10.0 Å². The summed E-state index contributed by atoms with van der Waals surface area (Å²) in [5.74, 6) is -0.729. The molecule has 3 aromatic rings. The summed E-state index contributed by atoms with van der Waals surface area (Å²) in [5, 5.41) is 11.3. The van der Waals surface area contributed by atoms with Crippen LogP contribution in [0.5, 0.6) is 0 Å². The number of hydrogen-bond acceptors (Lipinski definition) is 4. The molecule has 3 atom stereocenters. The zero-order valence-corrected chi connectivity index (χ0v) is 25.5. The van der Waals surface area contributed by atoms with Gasteiger partial charge < -0.3 is 20.9 Å². The number of hydrogen-bond donors (Lipinski definition) is 3. The third kappa shape index (κ3) is 4.71. The normalized spacial score (nSPS) is 25.0. The number of anilines is 2. The lowest BCUT2D eigenvalue weighted by Gasteiger charge is -2.47. The first-order valence-corrected chi connectivity index (χ1v) is 15.1. The van der Waals surface area contributed by atoms with Crippen molar-refractivity contribution in [2.24, 2.45) is 0 Å². The van der Waals surface area contributed by atoms with E-state index in [1.807, 2.05) is 55.5 Å². The topological polar surface area (TPSA) is 73.5 Å². The van der Waals surface area contributed by atoms with Crippen LogP contribution in [0.15, 0.2) is 59.1 Å². The number of carbonyl (C=O) groups excluding carboxylic acids is 2. The molecule has 0 unspecified atom stereocenters. The van der Waals surface area contributed by atoms with Crippen molar-refractivity contribution in [1.82, 2.24) is 10.2 Å². The van der Waals surface area contributed by atoms with Crippen molar-refractivity contribution in [3.63, 3.8) is 0 Å². The first kappa shape index (κ1) is 27.6. The molecule has 2 fully saturated rings. The van der Waals surface area contributed by atoms with Gasteiger partial charge in [0.25, 0.3) is 0 Å². The monoisotopic (exact) mass is 640 g/mol. The van der Waals surface area contributed by atoms with Crippen molar-refractivity contribution in [3.8, 4) is 0 Å².